The molecule has 0 aliphatic carbocycles. The molecular weight excluding hydrogens is 276 g/mol. The van der Waals surface area contributed by atoms with Crippen LogP contribution >= 0.6 is 0 Å². The maximum atomic E-state index is 12.3. The van der Waals surface area contributed by atoms with Crippen LogP contribution in [0.25, 0.3) is 0 Å². The second kappa shape index (κ2) is 7.75. The van der Waals surface area contributed by atoms with Crippen LogP contribution in [0.4, 0.5) is 0 Å². The minimum absolute atomic E-state index is 0.0727. The number of rotatable bonds is 7. The topological polar surface area (TPSA) is 72.9 Å². The summed E-state index contributed by atoms with van der Waals surface area (Å²) in [5, 5.41) is 7.31. The van der Waals surface area contributed by atoms with Gasteiger partial charge in [0.1, 0.15) is 0 Å². The monoisotopic (exact) mass is 300 g/mol. The van der Waals surface area contributed by atoms with Gasteiger partial charge in [-0.25, -0.2) is 0 Å². The molecular formula is C17H24N4O. The Kier molecular flexibility index (Phi) is 5.72. The molecule has 2 rings (SSSR count). The largest absolute Gasteiger partial charge is 0.352 e. The van der Waals surface area contributed by atoms with Crippen LogP contribution in [-0.2, 0) is 13.0 Å². The number of nitrogens with zero attached hydrogens (tertiary/aromatic N) is 2. The number of hydrogen-bond acceptors (Lipinski definition) is 3. The summed E-state index contributed by atoms with van der Waals surface area (Å²) in [5.41, 5.74) is 8.36. The van der Waals surface area contributed by atoms with E-state index in [-0.39, 0.29) is 11.8 Å². The molecule has 0 radical (unpaired) electrons. The summed E-state index contributed by atoms with van der Waals surface area (Å²) >= 11 is 0. The van der Waals surface area contributed by atoms with Crippen LogP contribution in [0.3, 0.4) is 0 Å². The van der Waals surface area contributed by atoms with Crippen molar-refractivity contribution in [3.8, 4) is 0 Å². The van der Waals surface area contributed by atoms with E-state index in [1.165, 1.54) is 5.56 Å². The van der Waals surface area contributed by atoms with Gasteiger partial charge in [0, 0.05) is 6.54 Å². The minimum Gasteiger partial charge on any atom is -0.352 e. The van der Waals surface area contributed by atoms with E-state index >= 15 is 0 Å². The Morgan fingerprint density at radius 1 is 1.36 bits per heavy atom. The molecule has 0 saturated heterocycles. The van der Waals surface area contributed by atoms with Gasteiger partial charge in [-0.1, -0.05) is 44.2 Å². The van der Waals surface area contributed by atoms with E-state index < -0.39 is 0 Å². The summed E-state index contributed by atoms with van der Waals surface area (Å²) in [6.07, 6.45) is 2.42. The van der Waals surface area contributed by atoms with Crippen molar-refractivity contribution >= 4 is 5.91 Å². The summed E-state index contributed by atoms with van der Waals surface area (Å²) in [5.74, 6) is 0.199. The van der Waals surface area contributed by atoms with Gasteiger partial charge in [0.25, 0.3) is 5.91 Å². The molecule has 1 atom stereocenters. The lowest BCUT2D eigenvalue weighted by atomic mass is 10.1. The third-order valence-electron chi connectivity index (χ3n) is 3.72. The van der Waals surface area contributed by atoms with Crippen molar-refractivity contribution < 1.29 is 4.79 Å². The molecule has 1 aromatic carbocycles. The van der Waals surface area contributed by atoms with Gasteiger partial charge in [0.15, 0.2) is 0 Å². The zero-order valence-electron chi connectivity index (χ0n) is 13.2. The van der Waals surface area contributed by atoms with Crippen molar-refractivity contribution in [3.63, 3.8) is 0 Å². The lowest BCUT2D eigenvalue weighted by molar-refractivity contribution is 0.0947. The highest BCUT2D eigenvalue weighted by molar-refractivity contribution is 5.95. The van der Waals surface area contributed by atoms with Gasteiger partial charge in [0.05, 0.1) is 24.0 Å². The van der Waals surface area contributed by atoms with Crippen LogP contribution in [-0.4, -0.2) is 28.8 Å². The summed E-state index contributed by atoms with van der Waals surface area (Å²) in [6.45, 7) is 5.88. The Labute approximate surface area is 131 Å². The number of hydrogen-bond donors (Lipinski definition) is 2. The highest BCUT2D eigenvalue weighted by Gasteiger charge is 2.16. The molecule has 2 aromatic rings. The average Bonchev–Trinajstić information content (AvgIpc) is 2.95. The van der Waals surface area contributed by atoms with Crippen molar-refractivity contribution in [2.45, 2.75) is 26.8 Å². The molecule has 1 amide bonds. The Morgan fingerprint density at radius 2 is 2.09 bits per heavy atom. The van der Waals surface area contributed by atoms with E-state index in [4.69, 9.17) is 5.73 Å². The maximum absolute atomic E-state index is 12.3. The van der Waals surface area contributed by atoms with Gasteiger partial charge in [-0.15, -0.1) is 0 Å². The van der Waals surface area contributed by atoms with Gasteiger partial charge >= 0.3 is 0 Å². The lowest BCUT2D eigenvalue weighted by Crippen LogP contribution is -2.31. The summed E-state index contributed by atoms with van der Waals surface area (Å²) in [7, 11) is 0. The fraction of sp³-hybridized carbons (Fsp3) is 0.412. The van der Waals surface area contributed by atoms with Gasteiger partial charge < -0.3 is 11.1 Å². The molecule has 1 heterocycles. The molecule has 5 heteroatoms. The number of amides is 1. The van der Waals surface area contributed by atoms with Crippen molar-refractivity contribution in [1.29, 1.82) is 0 Å². The molecule has 0 fully saturated rings. The van der Waals surface area contributed by atoms with Crippen molar-refractivity contribution in [1.82, 2.24) is 15.1 Å². The molecule has 3 N–H and O–H groups in total. The smallest absolute Gasteiger partial charge is 0.254 e. The first-order chi connectivity index (χ1) is 10.7. The zero-order valence-corrected chi connectivity index (χ0v) is 13.2. The minimum atomic E-state index is -0.0727. The Morgan fingerprint density at radius 3 is 2.73 bits per heavy atom. The number of carbonyl (C=O) groups is 1. The van der Waals surface area contributed by atoms with Crippen molar-refractivity contribution in [2.24, 2.45) is 11.7 Å². The third-order valence-corrected chi connectivity index (χ3v) is 3.72. The first-order valence-electron chi connectivity index (χ1n) is 7.72. The fourth-order valence-electron chi connectivity index (χ4n) is 2.31. The Bertz CT molecular complexity index is 606. The number of nitrogens with two attached hydrogens (primary N) is 1. The van der Waals surface area contributed by atoms with Gasteiger partial charge in [-0.2, -0.15) is 5.10 Å². The van der Waals surface area contributed by atoms with Crippen LogP contribution in [0.1, 0.15) is 35.5 Å². The molecule has 0 bridgehead atoms. The highest BCUT2D eigenvalue weighted by Crippen LogP contribution is 2.12. The zero-order chi connectivity index (χ0) is 15.9. The Balaban J connectivity index is 2.11. The standard InChI is InChI=1S/C17H24N4O/c1-3-16-15(17(22)19-10-13(2)9-18)11-20-21(16)12-14-7-5-4-6-8-14/h4-8,11,13H,3,9-10,12,18H2,1-2H3,(H,19,22). The van der Waals surface area contributed by atoms with E-state index in [9.17, 15) is 4.79 Å². The predicted octanol–water partition coefficient (Wildman–Crippen LogP) is 1.82. The molecule has 5 nitrogen and oxygen atoms in total. The van der Waals surface area contributed by atoms with E-state index in [2.05, 4.69) is 22.5 Å². The molecule has 1 unspecified atom stereocenters. The van der Waals surface area contributed by atoms with E-state index in [0.717, 1.165) is 12.1 Å². The molecule has 0 saturated carbocycles. The number of carbonyl (C=O) groups excluding carboxylic acids is 1. The normalized spacial score (nSPS) is 12.1. The highest BCUT2D eigenvalue weighted by atomic mass is 16.1. The fourth-order valence-corrected chi connectivity index (χ4v) is 2.31. The van der Waals surface area contributed by atoms with E-state index in [1.54, 1.807) is 6.20 Å². The maximum Gasteiger partial charge on any atom is 0.254 e. The number of nitrogens with one attached hydrogen (secondary N) is 1. The SMILES string of the molecule is CCc1c(C(=O)NCC(C)CN)cnn1Cc1ccccc1. The number of aromatic nitrogens is 2. The summed E-state index contributed by atoms with van der Waals surface area (Å²) in [4.78, 5) is 12.3. The van der Waals surface area contributed by atoms with Crippen LogP contribution in [0, 0.1) is 5.92 Å². The molecule has 118 valence electrons. The van der Waals surface area contributed by atoms with Gasteiger partial charge in [-0.3, -0.25) is 9.48 Å². The second-order valence-electron chi connectivity index (χ2n) is 5.55. The number of benzene rings is 1. The molecule has 0 spiro atoms. The molecule has 22 heavy (non-hydrogen) atoms. The molecule has 0 aliphatic rings. The first-order valence-corrected chi connectivity index (χ1v) is 7.72. The van der Waals surface area contributed by atoms with Crippen molar-refractivity contribution in [2.75, 3.05) is 13.1 Å². The van der Waals surface area contributed by atoms with Crippen LogP contribution < -0.4 is 11.1 Å². The van der Waals surface area contributed by atoms with Gasteiger partial charge in [-0.05, 0) is 24.4 Å². The van der Waals surface area contributed by atoms with Crippen LogP contribution in [0.15, 0.2) is 36.5 Å². The quantitative estimate of drug-likeness (QED) is 0.819. The van der Waals surface area contributed by atoms with Crippen molar-refractivity contribution in [3.05, 3.63) is 53.3 Å². The lowest BCUT2D eigenvalue weighted by Gasteiger charge is -2.11. The van der Waals surface area contributed by atoms with Gasteiger partial charge in [0.2, 0.25) is 0 Å². The summed E-state index contributed by atoms with van der Waals surface area (Å²) < 4.78 is 1.90. The summed E-state index contributed by atoms with van der Waals surface area (Å²) in [6, 6.07) is 10.1. The Hall–Kier alpha value is -2.14. The van der Waals surface area contributed by atoms with E-state index in [1.807, 2.05) is 36.7 Å². The molecule has 1 aromatic heterocycles. The van der Waals surface area contributed by atoms with Crippen LogP contribution in [0.2, 0.25) is 0 Å². The van der Waals surface area contributed by atoms with E-state index in [0.29, 0.717) is 25.2 Å². The average molecular weight is 300 g/mol. The molecule has 0 aliphatic heterocycles. The predicted molar refractivity (Wildman–Crippen MR) is 87.7 cm³/mol. The first kappa shape index (κ1) is 16.2. The second-order valence-corrected chi connectivity index (χ2v) is 5.55. The third kappa shape index (κ3) is 3.95. The van der Waals surface area contributed by atoms with Crippen LogP contribution in [0.5, 0.6) is 0 Å².